The van der Waals surface area contributed by atoms with Crippen molar-refractivity contribution >= 4 is 40.8 Å². The van der Waals surface area contributed by atoms with Crippen LogP contribution in [-0.2, 0) is 13.0 Å². The number of nitrogens with zero attached hydrogens (tertiary/aromatic N) is 1. The fourth-order valence-electron chi connectivity index (χ4n) is 4.02. The van der Waals surface area contributed by atoms with Gasteiger partial charge in [-0.3, -0.25) is 4.79 Å². The molecular formula is C25H22Cl2N2O3. The number of amides is 1. The molecule has 0 aromatic heterocycles. The highest BCUT2D eigenvalue weighted by Crippen LogP contribution is 2.35. The molecule has 0 bridgehead atoms. The highest BCUT2D eigenvalue weighted by molar-refractivity contribution is 6.33. The minimum absolute atomic E-state index is 0.180. The average Bonchev–Trinajstić information content (AvgIpc) is 3.19. The van der Waals surface area contributed by atoms with Crippen LogP contribution in [0.2, 0.25) is 10.0 Å². The maximum absolute atomic E-state index is 13.2. The van der Waals surface area contributed by atoms with Gasteiger partial charge in [-0.1, -0.05) is 47.5 Å². The van der Waals surface area contributed by atoms with Crippen LogP contribution in [0.5, 0.6) is 0 Å². The summed E-state index contributed by atoms with van der Waals surface area (Å²) in [6.45, 7) is 3.22. The number of para-hydroxylation sites is 1. The van der Waals surface area contributed by atoms with Crippen molar-refractivity contribution in [2.24, 2.45) is 0 Å². The lowest BCUT2D eigenvalue weighted by molar-refractivity contribution is 0.0696. The van der Waals surface area contributed by atoms with Gasteiger partial charge < -0.3 is 15.3 Å². The van der Waals surface area contributed by atoms with Crippen molar-refractivity contribution in [3.8, 4) is 0 Å². The predicted octanol–water partition coefficient (Wildman–Crippen LogP) is 5.75. The van der Waals surface area contributed by atoms with E-state index >= 15 is 0 Å². The van der Waals surface area contributed by atoms with Crippen molar-refractivity contribution in [1.82, 2.24) is 5.32 Å². The lowest BCUT2D eigenvalue weighted by atomic mass is 10.0. The molecule has 1 aliphatic heterocycles. The van der Waals surface area contributed by atoms with Gasteiger partial charge in [0.25, 0.3) is 5.91 Å². The number of benzene rings is 3. The number of hydrogen-bond acceptors (Lipinski definition) is 3. The van der Waals surface area contributed by atoms with E-state index in [1.165, 1.54) is 12.1 Å². The first kappa shape index (κ1) is 22.2. The van der Waals surface area contributed by atoms with E-state index in [0.29, 0.717) is 22.2 Å². The van der Waals surface area contributed by atoms with Gasteiger partial charge in [-0.2, -0.15) is 0 Å². The van der Waals surface area contributed by atoms with Crippen LogP contribution >= 0.6 is 23.2 Å². The van der Waals surface area contributed by atoms with Crippen LogP contribution < -0.4 is 10.2 Å². The fraction of sp³-hybridized carbons (Fsp3) is 0.200. The molecule has 1 amide bonds. The summed E-state index contributed by atoms with van der Waals surface area (Å²) in [6, 6.07) is 17.4. The zero-order valence-corrected chi connectivity index (χ0v) is 19.0. The third kappa shape index (κ3) is 4.59. The number of anilines is 1. The maximum atomic E-state index is 13.2. The Bertz CT molecular complexity index is 1180. The molecule has 0 spiro atoms. The van der Waals surface area contributed by atoms with Crippen molar-refractivity contribution in [2.45, 2.75) is 25.9 Å². The smallest absolute Gasteiger partial charge is 0.335 e. The molecule has 7 heteroatoms. The standard InChI is InChI=1S/C25H22Cl2N2O3/c1-15(16-5-7-18(8-6-16)25(31)32)28-24(30)21-4-2-3-17-11-12-29(23(17)21)14-19-13-20(26)9-10-22(19)27/h2-10,13,15H,11-12,14H2,1H3,(H,28,30)(H,31,32)/t15-/m0/s1. The van der Waals surface area contributed by atoms with Crippen LogP contribution in [0.15, 0.2) is 60.7 Å². The number of carboxylic acid groups (broad SMARTS) is 1. The fourth-order valence-corrected chi connectivity index (χ4v) is 4.39. The molecule has 3 aromatic rings. The zero-order chi connectivity index (χ0) is 22.8. The molecule has 32 heavy (non-hydrogen) atoms. The van der Waals surface area contributed by atoms with Gasteiger partial charge in [-0.05, 0) is 66.4 Å². The van der Waals surface area contributed by atoms with Gasteiger partial charge >= 0.3 is 5.97 Å². The van der Waals surface area contributed by atoms with Crippen LogP contribution in [0.1, 0.15) is 50.4 Å². The summed E-state index contributed by atoms with van der Waals surface area (Å²) in [5.41, 5.74) is 4.59. The molecule has 0 unspecified atom stereocenters. The summed E-state index contributed by atoms with van der Waals surface area (Å²) in [7, 11) is 0. The van der Waals surface area contributed by atoms with Crippen molar-refractivity contribution in [2.75, 3.05) is 11.4 Å². The zero-order valence-electron chi connectivity index (χ0n) is 17.4. The number of carboxylic acids is 1. The minimum atomic E-state index is -0.979. The predicted molar refractivity (Wildman–Crippen MR) is 127 cm³/mol. The Morgan fingerprint density at radius 3 is 2.56 bits per heavy atom. The summed E-state index contributed by atoms with van der Waals surface area (Å²) in [4.78, 5) is 26.4. The quantitative estimate of drug-likeness (QED) is 0.483. The number of aromatic carboxylic acids is 1. The Labute approximate surface area is 196 Å². The van der Waals surface area contributed by atoms with E-state index in [1.54, 1.807) is 24.3 Å². The molecular weight excluding hydrogens is 447 g/mol. The molecule has 4 rings (SSSR count). The SMILES string of the molecule is C[C@H](NC(=O)c1cccc2c1N(Cc1cc(Cl)ccc1Cl)CC2)c1ccc(C(=O)O)cc1. The Morgan fingerprint density at radius 2 is 1.84 bits per heavy atom. The normalized spacial score (nSPS) is 13.5. The first-order chi connectivity index (χ1) is 15.3. The highest BCUT2D eigenvalue weighted by atomic mass is 35.5. The van der Waals surface area contributed by atoms with Gasteiger partial charge in [-0.25, -0.2) is 4.79 Å². The summed E-state index contributed by atoms with van der Waals surface area (Å²) >= 11 is 12.5. The molecule has 2 N–H and O–H groups in total. The van der Waals surface area contributed by atoms with Crippen molar-refractivity contribution in [3.63, 3.8) is 0 Å². The van der Waals surface area contributed by atoms with Gasteiger partial charge in [0.1, 0.15) is 0 Å². The number of carbonyl (C=O) groups is 2. The van der Waals surface area contributed by atoms with Gasteiger partial charge in [0.2, 0.25) is 0 Å². The number of hydrogen-bond donors (Lipinski definition) is 2. The van der Waals surface area contributed by atoms with E-state index in [2.05, 4.69) is 10.2 Å². The maximum Gasteiger partial charge on any atom is 0.335 e. The van der Waals surface area contributed by atoms with Crippen molar-refractivity contribution < 1.29 is 14.7 Å². The van der Waals surface area contributed by atoms with E-state index in [-0.39, 0.29) is 17.5 Å². The van der Waals surface area contributed by atoms with Crippen molar-refractivity contribution in [1.29, 1.82) is 0 Å². The van der Waals surface area contributed by atoms with Gasteiger partial charge in [0.05, 0.1) is 22.9 Å². The number of fused-ring (bicyclic) bond motifs is 1. The molecule has 1 atom stereocenters. The van der Waals surface area contributed by atoms with Crippen LogP contribution in [0, 0.1) is 0 Å². The lowest BCUT2D eigenvalue weighted by Crippen LogP contribution is -2.29. The van der Waals surface area contributed by atoms with Crippen molar-refractivity contribution in [3.05, 3.63) is 98.5 Å². The van der Waals surface area contributed by atoms with Crippen LogP contribution in [-0.4, -0.2) is 23.5 Å². The van der Waals surface area contributed by atoms with E-state index in [9.17, 15) is 9.59 Å². The molecule has 0 aliphatic carbocycles. The van der Waals surface area contributed by atoms with Gasteiger partial charge in [-0.15, -0.1) is 0 Å². The van der Waals surface area contributed by atoms with Crippen LogP contribution in [0.3, 0.4) is 0 Å². The first-order valence-electron chi connectivity index (χ1n) is 10.3. The highest BCUT2D eigenvalue weighted by Gasteiger charge is 2.26. The molecule has 0 saturated carbocycles. The number of nitrogens with one attached hydrogen (secondary N) is 1. The number of rotatable bonds is 6. The second-order valence-electron chi connectivity index (χ2n) is 7.84. The third-order valence-corrected chi connectivity index (χ3v) is 6.31. The second kappa shape index (κ2) is 9.23. The van der Waals surface area contributed by atoms with E-state index in [0.717, 1.165) is 35.3 Å². The lowest BCUT2D eigenvalue weighted by Gasteiger charge is -2.23. The Balaban J connectivity index is 1.56. The minimum Gasteiger partial charge on any atom is -0.478 e. The van der Waals surface area contributed by atoms with Crippen LogP contribution in [0.25, 0.3) is 0 Å². The van der Waals surface area contributed by atoms with Gasteiger partial charge in [0, 0.05) is 23.1 Å². The molecule has 5 nitrogen and oxygen atoms in total. The summed E-state index contributed by atoms with van der Waals surface area (Å²) < 4.78 is 0. The summed E-state index contributed by atoms with van der Waals surface area (Å²) in [6.07, 6.45) is 0.848. The Hall–Kier alpha value is -3.02. The van der Waals surface area contributed by atoms with E-state index < -0.39 is 5.97 Å². The molecule has 0 fully saturated rings. The number of carbonyl (C=O) groups excluding carboxylic acids is 1. The molecule has 3 aromatic carbocycles. The average molecular weight is 469 g/mol. The monoisotopic (exact) mass is 468 g/mol. The number of halogens is 2. The first-order valence-corrected chi connectivity index (χ1v) is 11.0. The molecule has 1 aliphatic rings. The second-order valence-corrected chi connectivity index (χ2v) is 8.69. The summed E-state index contributed by atoms with van der Waals surface area (Å²) in [5.74, 6) is -1.16. The Kier molecular flexibility index (Phi) is 6.40. The van der Waals surface area contributed by atoms with Gasteiger partial charge in [0.15, 0.2) is 0 Å². The summed E-state index contributed by atoms with van der Waals surface area (Å²) in [5, 5.41) is 13.4. The molecule has 0 saturated heterocycles. The van der Waals surface area contributed by atoms with Crippen LogP contribution in [0.4, 0.5) is 5.69 Å². The Morgan fingerprint density at radius 1 is 1.09 bits per heavy atom. The largest absolute Gasteiger partial charge is 0.478 e. The van der Waals surface area contributed by atoms with E-state index in [1.807, 2.05) is 31.2 Å². The molecule has 1 heterocycles. The molecule has 164 valence electrons. The third-order valence-electron chi connectivity index (χ3n) is 5.71. The topological polar surface area (TPSA) is 69.6 Å². The molecule has 0 radical (unpaired) electrons. The van der Waals surface area contributed by atoms with E-state index in [4.69, 9.17) is 28.3 Å².